The van der Waals surface area contributed by atoms with Crippen LogP contribution >= 0.6 is 0 Å². The summed E-state index contributed by atoms with van der Waals surface area (Å²) in [7, 11) is 0. The molecule has 1 aromatic rings. The summed E-state index contributed by atoms with van der Waals surface area (Å²) < 4.78 is 38.0. The van der Waals surface area contributed by atoms with Crippen molar-refractivity contribution in [2.75, 3.05) is 13.1 Å². The van der Waals surface area contributed by atoms with Gasteiger partial charge in [-0.3, -0.25) is 4.68 Å². The summed E-state index contributed by atoms with van der Waals surface area (Å²) in [6.45, 7) is 4.13. The molecule has 0 aromatic carbocycles. The van der Waals surface area contributed by atoms with Gasteiger partial charge in [-0.1, -0.05) is 19.8 Å². The van der Waals surface area contributed by atoms with Crippen LogP contribution in [0.4, 0.5) is 13.2 Å². The van der Waals surface area contributed by atoms with Gasteiger partial charge < -0.3 is 5.32 Å². The van der Waals surface area contributed by atoms with Crippen LogP contribution in [0.1, 0.15) is 31.9 Å². The molecule has 17 heavy (non-hydrogen) atoms. The van der Waals surface area contributed by atoms with Gasteiger partial charge in [0, 0.05) is 12.7 Å². The van der Waals surface area contributed by atoms with E-state index in [1.54, 1.807) is 0 Å². The third-order valence-corrected chi connectivity index (χ3v) is 2.41. The molecule has 3 nitrogen and oxygen atoms in total. The van der Waals surface area contributed by atoms with Crippen LogP contribution in [0.3, 0.4) is 0 Å². The number of rotatable bonds is 7. The van der Waals surface area contributed by atoms with Gasteiger partial charge in [-0.05, 0) is 19.0 Å². The molecule has 1 heterocycles. The van der Waals surface area contributed by atoms with Crippen LogP contribution in [0.25, 0.3) is 0 Å². The molecule has 1 aromatic heterocycles. The van der Waals surface area contributed by atoms with E-state index in [1.807, 2.05) is 0 Å². The molecule has 0 fully saturated rings. The zero-order chi connectivity index (χ0) is 12.7. The van der Waals surface area contributed by atoms with Crippen LogP contribution in [-0.4, -0.2) is 22.9 Å². The standard InChI is InChI=1S/C11H18F3N3/c1-2-3-4-6-15-7-9-17-8-5-10(16-17)11(12,13)14/h5,8,15H,2-4,6-7,9H2,1H3. The van der Waals surface area contributed by atoms with Gasteiger partial charge in [0.15, 0.2) is 5.69 Å². The van der Waals surface area contributed by atoms with Crippen LogP contribution in [0.5, 0.6) is 0 Å². The lowest BCUT2D eigenvalue weighted by Crippen LogP contribution is -2.21. The minimum Gasteiger partial charge on any atom is -0.315 e. The smallest absolute Gasteiger partial charge is 0.315 e. The zero-order valence-corrected chi connectivity index (χ0v) is 9.93. The molecular weight excluding hydrogens is 231 g/mol. The molecule has 1 rings (SSSR count). The van der Waals surface area contributed by atoms with Gasteiger partial charge in [-0.2, -0.15) is 18.3 Å². The van der Waals surface area contributed by atoms with Crippen molar-refractivity contribution in [2.45, 2.75) is 38.9 Å². The first-order valence-electron chi connectivity index (χ1n) is 5.85. The molecule has 98 valence electrons. The second kappa shape index (κ2) is 6.64. The van der Waals surface area contributed by atoms with Crippen LogP contribution in [0, 0.1) is 0 Å². The van der Waals surface area contributed by atoms with Gasteiger partial charge in [0.1, 0.15) is 0 Å². The second-order valence-electron chi connectivity index (χ2n) is 3.92. The van der Waals surface area contributed by atoms with E-state index in [1.165, 1.54) is 17.3 Å². The minimum absolute atomic E-state index is 0.461. The van der Waals surface area contributed by atoms with E-state index in [-0.39, 0.29) is 0 Å². The first kappa shape index (κ1) is 14.0. The molecule has 0 bridgehead atoms. The third-order valence-electron chi connectivity index (χ3n) is 2.41. The maximum absolute atomic E-state index is 12.2. The summed E-state index contributed by atoms with van der Waals surface area (Å²) in [6, 6.07) is 0.997. The largest absolute Gasteiger partial charge is 0.435 e. The Labute approximate surface area is 99.0 Å². The quantitative estimate of drug-likeness (QED) is 0.753. The summed E-state index contributed by atoms with van der Waals surface area (Å²) in [6.07, 6.45) is 0.447. The SMILES string of the molecule is CCCCCNCCn1ccc(C(F)(F)F)n1. The van der Waals surface area contributed by atoms with Crippen molar-refractivity contribution in [1.29, 1.82) is 0 Å². The van der Waals surface area contributed by atoms with Crippen molar-refractivity contribution < 1.29 is 13.2 Å². The molecule has 0 saturated carbocycles. The molecule has 0 saturated heterocycles. The first-order chi connectivity index (χ1) is 8.04. The molecule has 6 heteroatoms. The number of halogens is 3. The Morgan fingerprint density at radius 3 is 2.65 bits per heavy atom. The average molecular weight is 249 g/mol. The van der Waals surface area contributed by atoms with Gasteiger partial charge in [0.05, 0.1) is 6.54 Å². The number of hydrogen-bond donors (Lipinski definition) is 1. The lowest BCUT2D eigenvalue weighted by molar-refractivity contribution is -0.141. The van der Waals surface area contributed by atoms with Crippen LogP contribution in [0.15, 0.2) is 12.3 Å². The highest BCUT2D eigenvalue weighted by atomic mass is 19.4. The van der Waals surface area contributed by atoms with E-state index >= 15 is 0 Å². The molecule has 0 unspecified atom stereocenters. The van der Waals surface area contributed by atoms with Crippen molar-refractivity contribution in [3.8, 4) is 0 Å². The lowest BCUT2D eigenvalue weighted by Gasteiger charge is -2.05. The normalized spacial score (nSPS) is 12.0. The number of unbranched alkanes of at least 4 members (excludes halogenated alkanes) is 2. The molecular formula is C11H18F3N3. The van der Waals surface area contributed by atoms with Crippen molar-refractivity contribution in [1.82, 2.24) is 15.1 Å². The van der Waals surface area contributed by atoms with Crippen LogP contribution in [0.2, 0.25) is 0 Å². The summed E-state index contributed by atoms with van der Waals surface area (Å²) in [5, 5.41) is 6.64. The number of nitrogens with one attached hydrogen (secondary N) is 1. The Morgan fingerprint density at radius 1 is 1.29 bits per heavy atom. The highest BCUT2D eigenvalue weighted by Gasteiger charge is 2.33. The first-order valence-corrected chi connectivity index (χ1v) is 5.85. The van der Waals surface area contributed by atoms with E-state index < -0.39 is 11.9 Å². The number of aromatic nitrogens is 2. The topological polar surface area (TPSA) is 29.9 Å². The summed E-state index contributed by atoms with van der Waals surface area (Å²) in [4.78, 5) is 0. The Hall–Kier alpha value is -1.04. The molecule has 0 radical (unpaired) electrons. The van der Waals surface area contributed by atoms with Crippen LogP contribution < -0.4 is 5.32 Å². The summed E-state index contributed by atoms with van der Waals surface area (Å²) in [5.41, 5.74) is -0.830. The lowest BCUT2D eigenvalue weighted by atomic mass is 10.2. The molecule has 0 aliphatic carbocycles. The predicted molar refractivity (Wildman–Crippen MR) is 59.6 cm³/mol. The summed E-state index contributed by atoms with van der Waals surface area (Å²) >= 11 is 0. The van der Waals surface area contributed by atoms with E-state index in [2.05, 4.69) is 17.3 Å². The Morgan fingerprint density at radius 2 is 2.06 bits per heavy atom. The molecule has 0 atom stereocenters. The molecule has 0 amide bonds. The van der Waals surface area contributed by atoms with E-state index in [0.29, 0.717) is 13.1 Å². The molecule has 0 spiro atoms. The Bertz CT molecular complexity index is 320. The highest BCUT2D eigenvalue weighted by molar-refractivity contribution is 5.03. The average Bonchev–Trinajstić information content (AvgIpc) is 2.71. The van der Waals surface area contributed by atoms with Crippen molar-refractivity contribution in [2.24, 2.45) is 0 Å². The zero-order valence-electron chi connectivity index (χ0n) is 9.93. The number of alkyl halides is 3. The summed E-state index contributed by atoms with van der Waals surface area (Å²) in [5.74, 6) is 0. The van der Waals surface area contributed by atoms with Gasteiger partial charge in [-0.15, -0.1) is 0 Å². The molecule has 0 aliphatic heterocycles. The monoisotopic (exact) mass is 249 g/mol. The van der Waals surface area contributed by atoms with Crippen molar-refractivity contribution in [3.05, 3.63) is 18.0 Å². The Balaban J connectivity index is 2.21. The van der Waals surface area contributed by atoms with E-state index in [0.717, 1.165) is 25.5 Å². The maximum Gasteiger partial charge on any atom is 0.435 e. The van der Waals surface area contributed by atoms with E-state index in [9.17, 15) is 13.2 Å². The molecule has 1 N–H and O–H groups in total. The number of nitrogens with zero attached hydrogens (tertiary/aromatic N) is 2. The number of hydrogen-bond acceptors (Lipinski definition) is 2. The highest BCUT2D eigenvalue weighted by Crippen LogP contribution is 2.27. The van der Waals surface area contributed by atoms with Gasteiger partial charge >= 0.3 is 6.18 Å². The van der Waals surface area contributed by atoms with Crippen molar-refractivity contribution >= 4 is 0 Å². The fourth-order valence-corrected chi connectivity index (χ4v) is 1.46. The molecule has 0 aliphatic rings. The van der Waals surface area contributed by atoms with Crippen LogP contribution in [-0.2, 0) is 12.7 Å². The van der Waals surface area contributed by atoms with Crippen molar-refractivity contribution in [3.63, 3.8) is 0 Å². The maximum atomic E-state index is 12.2. The Kier molecular flexibility index (Phi) is 5.47. The predicted octanol–water partition coefficient (Wildman–Crippen LogP) is 2.68. The third kappa shape index (κ3) is 5.21. The fraction of sp³-hybridized carbons (Fsp3) is 0.727. The second-order valence-corrected chi connectivity index (χ2v) is 3.92. The van der Waals surface area contributed by atoms with Gasteiger partial charge in [0.2, 0.25) is 0 Å². The van der Waals surface area contributed by atoms with Gasteiger partial charge in [0.25, 0.3) is 0 Å². The van der Waals surface area contributed by atoms with E-state index in [4.69, 9.17) is 0 Å². The fourth-order valence-electron chi connectivity index (χ4n) is 1.46. The van der Waals surface area contributed by atoms with Gasteiger partial charge in [-0.25, -0.2) is 0 Å². The minimum atomic E-state index is -4.35.